The van der Waals surface area contributed by atoms with Gasteiger partial charge in [-0.2, -0.15) is 0 Å². The number of nitrogens with zero attached hydrogens (tertiary/aromatic N) is 2. The molecule has 0 radical (unpaired) electrons. The molecule has 0 saturated carbocycles. The normalized spacial score (nSPS) is 11.0. The van der Waals surface area contributed by atoms with E-state index in [2.05, 4.69) is 0 Å². The van der Waals surface area contributed by atoms with Crippen molar-refractivity contribution in [3.8, 4) is 0 Å². The molecule has 0 heterocycles. The molecule has 2 rings (SSSR count). The van der Waals surface area contributed by atoms with Gasteiger partial charge in [0.1, 0.15) is 0 Å². The fourth-order valence-corrected chi connectivity index (χ4v) is 2.41. The molecular formula is C19H22N2O2. The molecule has 2 aromatic rings. The van der Waals surface area contributed by atoms with Gasteiger partial charge in [0.2, 0.25) is 5.91 Å². The van der Waals surface area contributed by atoms with E-state index in [0.717, 1.165) is 0 Å². The summed E-state index contributed by atoms with van der Waals surface area (Å²) in [7, 11) is 0. The third kappa shape index (κ3) is 3.77. The highest BCUT2D eigenvalue weighted by Gasteiger charge is 2.35. The zero-order chi connectivity index (χ0) is 17.0. The van der Waals surface area contributed by atoms with E-state index in [1.165, 1.54) is 16.9 Å². The topological polar surface area (TPSA) is 40.6 Å². The highest BCUT2D eigenvalue weighted by Crippen LogP contribution is 2.25. The Morgan fingerprint density at radius 3 is 1.74 bits per heavy atom. The van der Waals surface area contributed by atoms with Crippen LogP contribution in [-0.2, 0) is 4.79 Å². The molecule has 2 amide bonds. The van der Waals surface area contributed by atoms with Crippen LogP contribution in [0.3, 0.4) is 0 Å². The first-order chi connectivity index (χ1) is 10.8. The van der Waals surface area contributed by atoms with E-state index >= 15 is 0 Å². The summed E-state index contributed by atoms with van der Waals surface area (Å²) in [6.45, 7) is 7.19. The van der Waals surface area contributed by atoms with Gasteiger partial charge in [0, 0.05) is 12.5 Å². The Labute approximate surface area is 137 Å². The lowest BCUT2D eigenvalue weighted by Crippen LogP contribution is -2.58. The number of anilines is 1. The van der Waals surface area contributed by atoms with Gasteiger partial charge in [-0.3, -0.25) is 9.59 Å². The van der Waals surface area contributed by atoms with Gasteiger partial charge in [-0.1, -0.05) is 36.4 Å². The monoisotopic (exact) mass is 310 g/mol. The van der Waals surface area contributed by atoms with Crippen molar-refractivity contribution in [1.82, 2.24) is 5.01 Å². The van der Waals surface area contributed by atoms with E-state index in [0.29, 0.717) is 11.3 Å². The molecule has 0 N–H and O–H groups in total. The zero-order valence-corrected chi connectivity index (χ0v) is 14.0. The van der Waals surface area contributed by atoms with Gasteiger partial charge in [0.15, 0.2) is 0 Å². The minimum absolute atomic E-state index is 0.211. The molecule has 0 fully saturated rings. The maximum atomic E-state index is 13.0. The highest BCUT2D eigenvalue weighted by atomic mass is 16.2. The largest absolute Gasteiger partial charge is 0.273 e. The van der Waals surface area contributed by atoms with Crippen molar-refractivity contribution < 1.29 is 9.59 Å². The van der Waals surface area contributed by atoms with Crippen LogP contribution in [-0.4, -0.2) is 22.4 Å². The summed E-state index contributed by atoms with van der Waals surface area (Å²) in [5, 5.41) is 2.95. The van der Waals surface area contributed by atoms with E-state index in [1.807, 2.05) is 69.3 Å². The van der Waals surface area contributed by atoms with Gasteiger partial charge in [-0.25, -0.2) is 10.0 Å². The average molecular weight is 310 g/mol. The smallest absolute Gasteiger partial charge is 0.273 e. The van der Waals surface area contributed by atoms with E-state index in [1.54, 1.807) is 12.1 Å². The predicted molar refractivity (Wildman–Crippen MR) is 92.0 cm³/mol. The van der Waals surface area contributed by atoms with Crippen LogP contribution < -0.4 is 5.01 Å². The van der Waals surface area contributed by atoms with Crippen LogP contribution in [0.2, 0.25) is 0 Å². The average Bonchev–Trinajstić information content (AvgIpc) is 2.52. The van der Waals surface area contributed by atoms with Crippen LogP contribution >= 0.6 is 0 Å². The highest BCUT2D eigenvalue weighted by molar-refractivity contribution is 6.01. The van der Waals surface area contributed by atoms with Crippen molar-refractivity contribution >= 4 is 17.5 Å². The van der Waals surface area contributed by atoms with E-state index in [-0.39, 0.29) is 11.8 Å². The van der Waals surface area contributed by atoms with Crippen LogP contribution in [0.5, 0.6) is 0 Å². The number of para-hydroxylation sites is 1. The summed E-state index contributed by atoms with van der Waals surface area (Å²) >= 11 is 0. The minimum atomic E-state index is -0.561. The van der Waals surface area contributed by atoms with Gasteiger partial charge < -0.3 is 0 Å². The number of benzene rings is 2. The third-order valence-electron chi connectivity index (χ3n) is 3.35. The molecule has 120 valence electrons. The Morgan fingerprint density at radius 1 is 0.826 bits per heavy atom. The van der Waals surface area contributed by atoms with Crippen LogP contribution in [0, 0.1) is 0 Å². The van der Waals surface area contributed by atoms with Gasteiger partial charge >= 0.3 is 0 Å². The molecule has 0 unspecified atom stereocenters. The quantitative estimate of drug-likeness (QED) is 0.789. The molecule has 0 saturated heterocycles. The van der Waals surface area contributed by atoms with Crippen molar-refractivity contribution in [2.75, 3.05) is 5.01 Å². The summed E-state index contributed by atoms with van der Waals surface area (Å²) in [5.74, 6) is -0.424. The number of hydrogen-bond acceptors (Lipinski definition) is 2. The standard InChI is InChI=1S/C19H22N2O2/c1-15(22)20(17-13-9-6-10-14-17)21(19(2,3)4)18(23)16-11-7-5-8-12-16/h5-14H,1-4H3. The van der Waals surface area contributed by atoms with Crippen molar-refractivity contribution in [3.05, 3.63) is 66.2 Å². The molecule has 4 heteroatoms. The van der Waals surface area contributed by atoms with Crippen molar-refractivity contribution in [2.24, 2.45) is 0 Å². The second-order valence-corrected chi connectivity index (χ2v) is 6.32. The summed E-state index contributed by atoms with van der Waals surface area (Å²) in [5.41, 5.74) is 0.651. The first kappa shape index (κ1) is 16.7. The summed E-state index contributed by atoms with van der Waals surface area (Å²) < 4.78 is 0. The Balaban J connectivity index is 2.53. The van der Waals surface area contributed by atoms with Crippen LogP contribution in [0.4, 0.5) is 5.69 Å². The maximum Gasteiger partial charge on any atom is 0.273 e. The predicted octanol–water partition coefficient (Wildman–Crippen LogP) is 3.90. The van der Waals surface area contributed by atoms with Crippen molar-refractivity contribution in [3.63, 3.8) is 0 Å². The molecule has 0 spiro atoms. The molecule has 23 heavy (non-hydrogen) atoms. The van der Waals surface area contributed by atoms with Gasteiger partial charge in [-0.05, 0) is 45.0 Å². The lowest BCUT2D eigenvalue weighted by Gasteiger charge is -2.43. The number of amides is 2. The molecule has 0 bridgehead atoms. The SMILES string of the molecule is CC(=O)N(c1ccccc1)N(C(=O)c1ccccc1)C(C)(C)C. The molecule has 0 atom stereocenters. The van der Waals surface area contributed by atoms with Crippen molar-refractivity contribution in [2.45, 2.75) is 33.2 Å². The van der Waals surface area contributed by atoms with Gasteiger partial charge in [-0.15, -0.1) is 0 Å². The summed E-state index contributed by atoms with van der Waals surface area (Å²) in [6.07, 6.45) is 0. The maximum absolute atomic E-state index is 13.0. The first-order valence-electron chi connectivity index (χ1n) is 7.57. The van der Waals surface area contributed by atoms with Gasteiger partial charge in [0.05, 0.1) is 11.2 Å². The van der Waals surface area contributed by atoms with E-state index in [9.17, 15) is 9.59 Å². The molecule has 0 aliphatic heterocycles. The molecule has 0 aliphatic rings. The number of hydrogen-bond donors (Lipinski definition) is 0. The lowest BCUT2D eigenvalue weighted by molar-refractivity contribution is -0.120. The minimum Gasteiger partial charge on any atom is -0.273 e. The molecule has 0 aromatic heterocycles. The van der Waals surface area contributed by atoms with E-state index < -0.39 is 5.54 Å². The van der Waals surface area contributed by atoms with Crippen molar-refractivity contribution in [1.29, 1.82) is 0 Å². The molecule has 0 aliphatic carbocycles. The number of carbonyl (C=O) groups excluding carboxylic acids is 2. The summed E-state index contributed by atoms with van der Waals surface area (Å²) in [4.78, 5) is 25.3. The van der Waals surface area contributed by atoms with Gasteiger partial charge in [0.25, 0.3) is 5.91 Å². The second-order valence-electron chi connectivity index (χ2n) is 6.32. The van der Waals surface area contributed by atoms with Crippen LogP contribution in [0.1, 0.15) is 38.1 Å². The van der Waals surface area contributed by atoms with E-state index in [4.69, 9.17) is 0 Å². The lowest BCUT2D eigenvalue weighted by atomic mass is 10.1. The fourth-order valence-electron chi connectivity index (χ4n) is 2.41. The van der Waals surface area contributed by atoms with Crippen LogP contribution in [0.15, 0.2) is 60.7 Å². The molecular weight excluding hydrogens is 288 g/mol. The number of carbonyl (C=O) groups is 2. The third-order valence-corrected chi connectivity index (χ3v) is 3.35. The number of hydrazine groups is 1. The second kappa shape index (κ2) is 6.65. The Hall–Kier alpha value is -2.62. The fraction of sp³-hybridized carbons (Fsp3) is 0.263. The zero-order valence-electron chi connectivity index (χ0n) is 14.0. The molecule has 2 aromatic carbocycles. The Bertz CT molecular complexity index is 676. The Kier molecular flexibility index (Phi) is 4.84. The Morgan fingerprint density at radius 2 is 1.30 bits per heavy atom. The molecule has 4 nitrogen and oxygen atoms in total. The van der Waals surface area contributed by atoms with Crippen LogP contribution in [0.25, 0.3) is 0 Å². The summed E-state index contributed by atoms with van der Waals surface area (Å²) in [6, 6.07) is 18.2. The first-order valence-corrected chi connectivity index (χ1v) is 7.57. The number of rotatable bonds is 2.